The smallest absolute Gasteiger partial charge is 0.173 e. The molecule has 0 radical (unpaired) electrons. The Labute approximate surface area is 121 Å². The maximum atomic E-state index is 13.6. The molecule has 0 fully saturated rings. The van der Waals surface area contributed by atoms with Crippen molar-refractivity contribution >= 4 is 17.4 Å². The van der Waals surface area contributed by atoms with Crippen molar-refractivity contribution < 1.29 is 9.18 Å². The number of benzene rings is 1. The summed E-state index contributed by atoms with van der Waals surface area (Å²) in [5.41, 5.74) is -0.0170. The van der Waals surface area contributed by atoms with E-state index >= 15 is 0 Å². The van der Waals surface area contributed by atoms with Crippen LogP contribution in [0.3, 0.4) is 0 Å². The number of Topliss-reactive ketones (excluding diaryl/α,β-unsaturated/α-hetero) is 1. The molecule has 0 amide bonds. The zero-order valence-corrected chi connectivity index (χ0v) is 12.1. The zero-order chi connectivity index (χ0) is 14.7. The highest BCUT2D eigenvalue weighted by Crippen LogP contribution is 2.17. The molecule has 0 unspecified atom stereocenters. The molecule has 6 heteroatoms. The van der Waals surface area contributed by atoms with Crippen LogP contribution in [0, 0.1) is 11.7 Å². The van der Waals surface area contributed by atoms with Crippen LogP contribution in [0.4, 0.5) is 4.39 Å². The maximum absolute atomic E-state index is 13.6. The van der Waals surface area contributed by atoms with Gasteiger partial charge in [0, 0.05) is 11.6 Å². The number of halogens is 2. The van der Waals surface area contributed by atoms with E-state index in [0.29, 0.717) is 23.3 Å². The number of carbonyl (C=O) groups excluding carboxylic acids is 1. The van der Waals surface area contributed by atoms with E-state index in [4.69, 9.17) is 11.6 Å². The SMILES string of the molecule is CC(C)Cn1ncnc1CC(=O)c1cc(Cl)ccc1F. The lowest BCUT2D eigenvalue weighted by Crippen LogP contribution is -2.15. The summed E-state index contributed by atoms with van der Waals surface area (Å²) in [4.78, 5) is 16.2. The van der Waals surface area contributed by atoms with Crippen molar-refractivity contribution in [3.8, 4) is 0 Å². The predicted octanol–water partition coefficient (Wildman–Crippen LogP) is 3.15. The first kappa shape index (κ1) is 14.7. The van der Waals surface area contributed by atoms with E-state index in [9.17, 15) is 9.18 Å². The van der Waals surface area contributed by atoms with Crippen LogP contribution in [0.1, 0.15) is 30.0 Å². The third-order valence-corrected chi connectivity index (χ3v) is 3.02. The summed E-state index contributed by atoms with van der Waals surface area (Å²) in [6.07, 6.45) is 1.41. The minimum atomic E-state index is -0.575. The number of carbonyl (C=O) groups is 1. The number of hydrogen-bond donors (Lipinski definition) is 0. The molecule has 0 aliphatic carbocycles. The van der Waals surface area contributed by atoms with Gasteiger partial charge in [-0.15, -0.1) is 0 Å². The molecular formula is C14H15ClFN3O. The van der Waals surface area contributed by atoms with Gasteiger partial charge in [-0.1, -0.05) is 25.4 Å². The maximum Gasteiger partial charge on any atom is 0.173 e. The summed E-state index contributed by atoms with van der Waals surface area (Å²) in [5.74, 6) is -0.0196. The Balaban J connectivity index is 2.20. The molecule has 20 heavy (non-hydrogen) atoms. The fraction of sp³-hybridized carbons (Fsp3) is 0.357. The Morgan fingerprint density at radius 1 is 1.45 bits per heavy atom. The van der Waals surface area contributed by atoms with Gasteiger partial charge in [0.15, 0.2) is 5.78 Å². The molecule has 2 rings (SSSR count). The number of ketones is 1. The van der Waals surface area contributed by atoms with Gasteiger partial charge in [-0.3, -0.25) is 4.79 Å². The van der Waals surface area contributed by atoms with Gasteiger partial charge in [0.25, 0.3) is 0 Å². The highest BCUT2D eigenvalue weighted by molar-refractivity contribution is 6.31. The first-order valence-corrected chi connectivity index (χ1v) is 6.70. The van der Waals surface area contributed by atoms with E-state index in [2.05, 4.69) is 10.1 Å². The van der Waals surface area contributed by atoms with Gasteiger partial charge in [0.1, 0.15) is 18.0 Å². The number of aromatic nitrogens is 3. The van der Waals surface area contributed by atoms with Crippen molar-refractivity contribution in [1.82, 2.24) is 14.8 Å². The van der Waals surface area contributed by atoms with Crippen molar-refractivity contribution in [3.05, 3.63) is 46.8 Å². The quantitative estimate of drug-likeness (QED) is 0.796. The summed E-state index contributed by atoms with van der Waals surface area (Å²) in [6.45, 7) is 4.76. The second-order valence-corrected chi connectivity index (χ2v) is 5.41. The van der Waals surface area contributed by atoms with Crippen molar-refractivity contribution in [1.29, 1.82) is 0 Å². The fourth-order valence-electron chi connectivity index (χ4n) is 1.87. The lowest BCUT2D eigenvalue weighted by atomic mass is 10.1. The molecule has 1 aromatic heterocycles. The van der Waals surface area contributed by atoms with Crippen LogP contribution in [-0.2, 0) is 13.0 Å². The summed E-state index contributed by atoms with van der Waals surface area (Å²) in [5, 5.41) is 4.41. The molecule has 0 atom stereocenters. The lowest BCUT2D eigenvalue weighted by Gasteiger charge is -2.08. The van der Waals surface area contributed by atoms with Crippen LogP contribution < -0.4 is 0 Å². The second kappa shape index (κ2) is 6.13. The van der Waals surface area contributed by atoms with Gasteiger partial charge < -0.3 is 0 Å². The summed E-state index contributed by atoms with van der Waals surface area (Å²) in [7, 11) is 0. The van der Waals surface area contributed by atoms with Crippen molar-refractivity contribution in [3.63, 3.8) is 0 Å². The Bertz CT molecular complexity index is 625. The van der Waals surface area contributed by atoms with Gasteiger partial charge in [0.05, 0.1) is 12.0 Å². The first-order chi connectivity index (χ1) is 9.47. The summed E-state index contributed by atoms with van der Waals surface area (Å²) >= 11 is 5.79. The van der Waals surface area contributed by atoms with Crippen molar-refractivity contribution in [2.75, 3.05) is 0 Å². The van der Waals surface area contributed by atoms with Crippen molar-refractivity contribution in [2.24, 2.45) is 5.92 Å². The van der Waals surface area contributed by atoms with E-state index in [0.717, 1.165) is 0 Å². The van der Waals surface area contributed by atoms with Gasteiger partial charge in [-0.05, 0) is 24.1 Å². The van der Waals surface area contributed by atoms with Crippen LogP contribution >= 0.6 is 11.6 Å². The molecule has 0 aliphatic rings. The van der Waals surface area contributed by atoms with Crippen molar-refractivity contribution in [2.45, 2.75) is 26.8 Å². The van der Waals surface area contributed by atoms with E-state index in [1.807, 2.05) is 13.8 Å². The van der Waals surface area contributed by atoms with E-state index in [1.165, 1.54) is 24.5 Å². The molecule has 2 aromatic rings. The third-order valence-electron chi connectivity index (χ3n) is 2.78. The Hall–Kier alpha value is -1.75. The fourth-order valence-corrected chi connectivity index (χ4v) is 2.05. The highest BCUT2D eigenvalue weighted by atomic mass is 35.5. The minimum absolute atomic E-state index is 0.00395. The summed E-state index contributed by atoms with van der Waals surface area (Å²) < 4.78 is 15.3. The average molecular weight is 296 g/mol. The largest absolute Gasteiger partial charge is 0.294 e. The molecule has 0 aliphatic heterocycles. The monoisotopic (exact) mass is 295 g/mol. The topological polar surface area (TPSA) is 47.8 Å². The zero-order valence-electron chi connectivity index (χ0n) is 11.3. The van der Waals surface area contributed by atoms with Crippen LogP contribution in [0.25, 0.3) is 0 Å². The molecule has 4 nitrogen and oxygen atoms in total. The normalized spacial score (nSPS) is 11.1. The van der Waals surface area contributed by atoms with Crippen LogP contribution in [0.2, 0.25) is 5.02 Å². The Morgan fingerprint density at radius 3 is 2.90 bits per heavy atom. The number of nitrogens with zero attached hydrogens (tertiary/aromatic N) is 3. The van der Waals surface area contributed by atoms with E-state index in [-0.39, 0.29) is 17.8 Å². The standard InChI is InChI=1S/C14H15ClFN3O/c1-9(2)7-19-14(17-8-18-19)6-13(20)11-5-10(15)3-4-12(11)16/h3-5,8-9H,6-7H2,1-2H3. The van der Waals surface area contributed by atoms with E-state index < -0.39 is 5.82 Å². The molecule has 0 saturated carbocycles. The first-order valence-electron chi connectivity index (χ1n) is 6.32. The van der Waals surface area contributed by atoms with Crippen LogP contribution in [0.15, 0.2) is 24.5 Å². The number of rotatable bonds is 5. The Morgan fingerprint density at radius 2 is 2.20 bits per heavy atom. The molecule has 0 N–H and O–H groups in total. The molecule has 1 aromatic carbocycles. The second-order valence-electron chi connectivity index (χ2n) is 4.98. The molecule has 0 spiro atoms. The molecule has 106 valence electrons. The third kappa shape index (κ3) is 3.42. The molecule has 0 saturated heterocycles. The lowest BCUT2D eigenvalue weighted by molar-refractivity contribution is 0.0985. The van der Waals surface area contributed by atoms with Crippen LogP contribution in [0.5, 0.6) is 0 Å². The molecular weight excluding hydrogens is 281 g/mol. The highest BCUT2D eigenvalue weighted by Gasteiger charge is 2.16. The predicted molar refractivity (Wildman–Crippen MR) is 74.3 cm³/mol. The van der Waals surface area contributed by atoms with E-state index in [1.54, 1.807) is 4.68 Å². The van der Waals surface area contributed by atoms with Crippen LogP contribution in [-0.4, -0.2) is 20.5 Å². The minimum Gasteiger partial charge on any atom is -0.294 e. The van der Waals surface area contributed by atoms with Gasteiger partial charge in [-0.2, -0.15) is 5.10 Å². The Kier molecular flexibility index (Phi) is 4.49. The van der Waals surface area contributed by atoms with Gasteiger partial charge in [0.2, 0.25) is 0 Å². The summed E-state index contributed by atoms with van der Waals surface area (Å²) in [6, 6.07) is 3.94. The van der Waals surface area contributed by atoms with Gasteiger partial charge in [-0.25, -0.2) is 14.1 Å². The molecule has 1 heterocycles. The van der Waals surface area contributed by atoms with Gasteiger partial charge >= 0.3 is 0 Å². The molecule has 0 bridgehead atoms. The number of hydrogen-bond acceptors (Lipinski definition) is 3. The average Bonchev–Trinajstić information content (AvgIpc) is 2.78.